The van der Waals surface area contributed by atoms with Gasteiger partial charge in [-0.25, -0.2) is 4.79 Å². The second-order valence-corrected chi connectivity index (χ2v) is 15.4. The Labute approximate surface area is 259 Å². The molecule has 242 valence electrons. The fourth-order valence-corrected chi connectivity index (χ4v) is 9.74. The summed E-state index contributed by atoms with van der Waals surface area (Å²) in [7, 11) is 1.75. The van der Waals surface area contributed by atoms with Gasteiger partial charge in [0.05, 0.1) is 12.0 Å². The van der Waals surface area contributed by atoms with E-state index in [4.69, 9.17) is 14.2 Å². The van der Waals surface area contributed by atoms with Crippen molar-refractivity contribution in [1.29, 1.82) is 0 Å². The third-order valence-electron chi connectivity index (χ3n) is 12.4. The van der Waals surface area contributed by atoms with E-state index < -0.39 is 40.5 Å². The summed E-state index contributed by atoms with van der Waals surface area (Å²) in [5, 5.41) is 27.9. The van der Waals surface area contributed by atoms with E-state index in [1.807, 2.05) is 13.0 Å². The topological polar surface area (TPSA) is 143 Å². The van der Waals surface area contributed by atoms with Crippen molar-refractivity contribution >= 4 is 17.8 Å². The maximum Gasteiger partial charge on any atom is 0.326 e. The van der Waals surface area contributed by atoms with Gasteiger partial charge in [0.1, 0.15) is 17.7 Å². The van der Waals surface area contributed by atoms with E-state index >= 15 is 0 Å². The van der Waals surface area contributed by atoms with Crippen molar-refractivity contribution in [3.05, 3.63) is 23.3 Å². The van der Waals surface area contributed by atoms with Gasteiger partial charge >= 0.3 is 11.9 Å². The molecule has 0 radical (unpaired) electrons. The largest absolute Gasteiger partial charge is 0.482 e. The van der Waals surface area contributed by atoms with Crippen LogP contribution >= 0.6 is 0 Å². The molecule has 8 atom stereocenters. The van der Waals surface area contributed by atoms with Crippen LogP contribution in [0.2, 0.25) is 0 Å². The molecule has 10 heteroatoms. The number of hydrogen-bond acceptors (Lipinski definition) is 8. The standard InChI is InChI=1S/C34H48N2O8/c1-18(2)26(28(39)40)36-23(37)10-11-24(38)43-20-9-8-19-16-22-32-12-13-34(42-7,21(17-32)31(6,41)30(3,4)5)29-33(32,14-15-35-22)25(19)27(20)44-29/h8-9,18,21-22,26,29,35,41H,10-17H2,1-7H3,(H,36,37)(H,39,40)/t21-,22-,26?,29-,31-,32-,33+,34-/m1/s1. The SMILES string of the molecule is CO[C@]12CC[C@@]3(C[C@@H]1[C@@](C)(O)C(C)(C)C)[C@H]1Cc4ccc(OC(=O)CCC(=O)NC(C(=O)O)C(C)C)c5c4[C@@]3(CCN1)[C@H]2O5. The van der Waals surface area contributed by atoms with Crippen molar-refractivity contribution in [3.63, 3.8) is 0 Å². The highest BCUT2D eigenvalue weighted by molar-refractivity contribution is 5.86. The Balaban J connectivity index is 1.33. The number of aliphatic carboxylic acids is 1. The fraction of sp³-hybridized carbons (Fsp3) is 0.735. The Hall–Kier alpha value is -2.69. The van der Waals surface area contributed by atoms with E-state index in [1.54, 1.807) is 27.0 Å². The number of ether oxygens (including phenoxy) is 3. The molecule has 2 heterocycles. The number of benzene rings is 1. The van der Waals surface area contributed by atoms with Crippen molar-refractivity contribution < 1.29 is 38.8 Å². The molecule has 2 aliphatic heterocycles. The van der Waals surface area contributed by atoms with Crippen molar-refractivity contribution in [2.75, 3.05) is 13.7 Å². The first-order valence-corrected chi connectivity index (χ1v) is 16.1. The maximum atomic E-state index is 13.1. The first kappa shape index (κ1) is 31.3. The first-order chi connectivity index (χ1) is 20.6. The van der Waals surface area contributed by atoms with Gasteiger partial charge in [0.15, 0.2) is 11.5 Å². The van der Waals surface area contributed by atoms with Gasteiger partial charge in [0.2, 0.25) is 5.91 Å². The highest BCUT2D eigenvalue weighted by Gasteiger charge is 2.81. The second kappa shape index (κ2) is 10.2. The Kier molecular flexibility index (Phi) is 7.23. The third-order valence-corrected chi connectivity index (χ3v) is 12.4. The number of piperidine rings is 1. The predicted octanol–water partition coefficient (Wildman–Crippen LogP) is 3.50. The number of methoxy groups -OCH3 is 1. The molecule has 6 aliphatic rings. The van der Waals surface area contributed by atoms with E-state index in [-0.39, 0.29) is 47.7 Å². The number of carbonyl (C=O) groups is 3. The molecule has 0 aromatic heterocycles. The van der Waals surface area contributed by atoms with Crippen LogP contribution in [0.25, 0.3) is 0 Å². The number of amides is 1. The van der Waals surface area contributed by atoms with Crippen molar-refractivity contribution in [3.8, 4) is 11.5 Å². The van der Waals surface area contributed by atoms with Crippen LogP contribution in [-0.2, 0) is 31.0 Å². The number of fused-ring (bicyclic) bond motifs is 2. The summed E-state index contributed by atoms with van der Waals surface area (Å²) in [6.45, 7) is 12.5. The predicted molar refractivity (Wildman–Crippen MR) is 162 cm³/mol. The van der Waals surface area contributed by atoms with Crippen molar-refractivity contribution in [2.24, 2.45) is 22.7 Å². The van der Waals surface area contributed by atoms with Gasteiger partial charge < -0.3 is 35.1 Å². The molecule has 1 unspecified atom stereocenters. The molecule has 4 fully saturated rings. The van der Waals surface area contributed by atoms with E-state index in [0.29, 0.717) is 11.5 Å². The molecule has 4 aliphatic carbocycles. The molecule has 1 amide bonds. The molecule has 2 spiro atoms. The Morgan fingerprint density at radius 2 is 1.86 bits per heavy atom. The maximum absolute atomic E-state index is 13.1. The average Bonchev–Trinajstić information content (AvgIpc) is 3.31. The lowest BCUT2D eigenvalue weighted by molar-refractivity contribution is -0.303. The summed E-state index contributed by atoms with van der Waals surface area (Å²) in [4.78, 5) is 37.0. The van der Waals surface area contributed by atoms with Gasteiger partial charge in [0, 0.05) is 41.9 Å². The van der Waals surface area contributed by atoms with Crippen LogP contribution in [-0.4, -0.2) is 71.1 Å². The van der Waals surface area contributed by atoms with E-state index in [0.717, 1.165) is 44.2 Å². The van der Waals surface area contributed by atoms with Crippen LogP contribution < -0.4 is 20.1 Å². The fourth-order valence-electron chi connectivity index (χ4n) is 9.74. The minimum atomic E-state index is -1.11. The number of carboxylic acid groups (broad SMARTS) is 1. The summed E-state index contributed by atoms with van der Waals surface area (Å²) < 4.78 is 19.5. The van der Waals surface area contributed by atoms with Crippen LogP contribution in [0, 0.1) is 22.7 Å². The first-order valence-electron chi connectivity index (χ1n) is 16.1. The molecule has 10 nitrogen and oxygen atoms in total. The van der Waals surface area contributed by atoms with E-state index in [1.165, 1.54) is 5.56 Å². The Bertz CT molecular complexity index is 1380. The van der Waals surface area contributed by atoms with Crippen LogP contribution in [0.1, 0.15) is 91.2 Å². The molecular weight excluding hydrogens is 564 g/mol. The van der Waals surface area contributed by atoms with Crippen LogP contribution in [0.15, 0.2) is 12.1 Å². The Morgan fingerprint density at radius 3 is 2.50 bits per heavy atom. The molecule has 1 aromatic carbocycles. The van der Waals surface area contributed by atoms with Gasteiger partial charge in [-0.2, -0.15) is 0 Å². The van der Waals surface area contributed by atoms with Crippen LogP contribution in [0.4, 0.5) is 0 Å². The zero-order valence-corrected chi connectivity index (χ0v) is 27.0. The lowest BCUT2D eigenvalue weighted by Gasteiger charge is -2.74. The highest BCUT2D eigenvalue weighted by Crippen LogP contribution is 2.77. The molecule has 44 heavy (non-hydrogen) atoms. The number of aliphatic hydroxyl groups is 1. The number of nitrogens with one attached hydrogen (secondary N) is 2. The molecular formula is C34H48N2O8. The van der Waals surface area contributed by atoms with Gasteiger partial charge in [-0.3, -0.25) is 9.59 Å². The number of carboxylic acids is 1. The lowest BCUT2D eigenvalue weighted by Crippen LogP contribution is -2.83. The zero-order chi connectivity index (χ0) is 32.0. The van der Waals surface area contributed by atoms with E-state index in [2.05, 4.69) is 31.4 Å². The summed E-state index contributed by atoms with van der Waals surface area (Å²) in [5.41, 5.74) is -0.331. The smallest absolute Gasteiger partial charge is 0.326 e. The minimum Gasteiger partial charge on any atom is -0.482 e. The van der Waals surface area contributed by atoms with Gasteiger partial charge in [0.25, 0.3) is 0 Å². The number of rotatable bonds is 9. The average molecular weight is 613 g/mol. The number of carbonyl (C=O) groups excluding carboxylic acids is 2. The van der Waals surface area contributed by atoms with Gasteiger partial charge in [-0.1, -0.05) is 40.7 Å². The summed E-state index contributed by atoms with van der Waals surface area (Å²) in [5.74, 6) is -1.76. The molecule has 3 saturated carbocycles. The quantitative estimate of drug-likeness (QED) is 0.243. The van der Waals surface area contributed by atoms with Crippen LogP contribution in [0.3, 0.4) is 0 Å². The van der Waals surface area contributed by atoms with Gasteiger partial charge in [-0.15, -0.1) is 0 Å². The lowest BCUT2D eigenvalue weighted by atomic mass is 9.33. The van der Waals surface area contributed by atoms with Crippen molar-refractivity contribution in [1.82, 2.24) is 10.6 Å². The molecule has 4 N–H and O–H groups in total. The van der Waals surface area contributed by atoms with Crippen molar-refractivity contribution in [2.45, 2.75) is 121 Å². The Morgan fingerprint density at radius 1 is 1.14 bits per heavy atom. The van der Waals surface area contributed by atoms with E-state index in [9.17, 15) is 24.6 Å². The third kappa shape index (κ3) is 4.05. The summed E-state index contributed by atoms with van der Waals surface area (Å²) in [6.07, 6.45) is 3.50. The molecule has 1 aromatic rings. The normalized spacial score (nSPS) is 34.9. The molecule has 4 bridgehead atoms. The monoisotopic (exact) mass is 612 g/mol. The van der Waals surface area contributed by atoms with Gasteiger partial charge in [-0.05, 0) is 68.5 Å². The van der Waals surface area contributed by atoms with Crippen LogP contribution in [0.5, 0.6) is 11.5 Å². The zero-order valence-electron chi connectivity index (χ0n) is 27.0. The molecule has 7 rings (SSSR count). The highest BCUT2D eigenvalue weighted by atomic mass is 16.6. The minimum absolute atomic E-state index is 0.147. The summed E-state index contributed by atoms with van der Waals surface area (Å²) >= 11 is 0. The number of hydrogen-bond donors (Lipinski definition) is 4. The summed E-state index contributed by atoms with van der Waals surface area (Å²) in [6, 6.07) is 3.04. The second-order valence-electron chi connectivity index (χ2n) is 15.4. The number of esters is 1. The molecule has 1 saturated heterocycles.